The number of aryl methyl sites for hydroxylation is 2. The minimum absolute atomic E-state index is 0.254. The van der Waals surface area contributed by atoms with Gasteiger partial charge in [-0.3, -0.25) is 4.68 Å². The summed E-state index contributed by atoms with van der Waals surface area (Å²) in [6.45, 7) is 4.10. The molecule has 0 saturated heterocycles. The lowest BCUT2D eigenvalue weighted by Crippen LogP contribution is -2.19. The van der Waals surface area contributed by atoms with Gasteiger partial charge >= 0.3 is 0 Å². The van der Waals surface area contributed by atoms with Crippen molar-refractivity contribution >= 4 is 10.8 Å². The molecule has 1 N–H and O–H groups in total. The quantitative estimate of drug-likeness (QED) is 0.758. The van der Waals surface area contributed by atoms with E-state index >= 15 is 0 Å². The number of nitrogens with zero attached hydrogens (tertiary/aromatic N) is 2. The van der Waals surface area contributed by atoms with Crippen LogP contribution in [-0.4, -0.2) is 16.9 Å². The van der Waals surface area contributed by atoms with Gasteiger partial charge < -0.3 is 10.1 Å². The Kier molecular flexibility index (Phi) is 4.45. The number of ether oxygens (including phenoxy) is 1. The Morgan fingerprint density at radius 2 is 1.96 bits per heavy atom. The van der Waals surface area contributed by atoms with Crippen molar-refractivity contribution in [1.29, 1.82) is 0 Å². The summed E-state index contributed by atoms with van der Waals surface area (Å²) in [4.78, 5) is 0. The number of hydrogen-bond acceptors (Lipinski definition) is 3. The SMILES string of the molecule is COc1ccc2cc(CNC(C)c3cc4n(n3)CCCC4)ccc2c1. The molecule has 2 heterocycles. The minimum Gasteiger partial charge on any atom is -0.497 e. The van der Waals surface area contributed by atoms with Crippen molar-refractivity contribution < 1.29 is 4.74 Å². The number of methoxy groups -OCH3 is 1. The van der Waals surface area contributed by atoms with Crippen molar-refractivity contribution in [2.75, 3.05) is 7.11 Å². The molecular formula is C21H25N3O. The number of rotatable bonds is 5. The summed E-state index contributed by atoms with van der Waals surface area (Å²) < 4.78 is 7.47. The van der Waals surface area contributed by atoms with Crippen LogP contribution in [-0.2, 0) is 19.5 Å². The molecule has 1 unspecified atom stereocenters. The molecule has 0 saturated carbocycles. The van der Waals surface area contributed by atoms with Crippen molar-refractivity contribution in [1.82, 2.24) is 15.1 Å². The van der Waals surface area contributed by atoms with Crippen molar-refractivity contribution in [3.05, 3.63) is 59.4 Å². The Labute approximate surface area is 148 Å². The number of nitrogens with one attached hydrogen (secondary N) is 1. The molecular weight excluding hydrogens is 310 g/mol. The van der Waals surface area contributed by atoms with Crippen LogP contribution in [0.2, 0.25) is 0 Å². The zero-order valence-corrected chi connectivity index (χ0v) is 15.0. The third kappa shape index (κ3) is 3.40. The van der Waals surface area contributed by atoms with E-state index in [4.69, 9.17) is 9.84 Å². The zero-order chi connectivity index (χ0) is 17.2. The topological polar surface area (TPSA) is 39.1 Å². The molecule has 1 aliphatic rings. The van der Waals surface area contributed by atoms with Crippen LogP contribution < -0.4 is 10.1 Å². The van der Waals surface area contributed by atoms with Crippen LogP contribution in [0.15, 0.2) is 42.5 Å². The Morgan fingerprint density at radius 1 is 1.12 bits per heavy atom. The van der Waals surface area contributed by atoms with Gasteiger partial charge in [0, 0.05) is 24.8 Å². The Morgan fingerprint density at radius 3 is 2.80 bits per heavy atom. The lowest BCUT2D eigenvalue weighted by Gasteiger charge is -2.13. The molecule has 4 rings (SSSR count). The standard InChI is InChI=1S/C21H25N3O/c1-15(21-13-19-5-3-4-10-24(19)23-21)22-14-16-6-7-18-12-20(25-2)9-8-17(18)11-16/h6-9,11-13,15,22H,3-5,10,14H2,1-2H3. The average Bonchev–Trinajstić information content (AvgIpc) is 3.10. The summed E-state index contributed by atoms with van der Waals surface area (Å²) in [5.74, 6) is 0.899. The predicted molar refractivity (Wildman–Crippen MR) is 101 cm³/mol. The maximum Gasteiger partial charge on any atom is 0.119 e. The molecule has 2 aromatic carbocycles. The van der Waals surface area contributed by atoms with E-state index in [0.29, 0.717) is 0 Å². The molecule has 0 aliphatic carbocycles. The van der Waals surface area contributed by atoms with Gasteiger partial charge in [0.2, 0.25) is 0 Å². The normalized spacial score (nSPS) is 15.1. The van der Waals surface area contributed by atoms with Gasteiger partial charge in [0.25, 0.3) is 0 Å². The molecule has 1 aliphatic heterocycles. The van der Waals surface area contributed by atoms with E-state index in [2.05, 4.69) is 53.3 Å². The van der Waals surface area contributed by atoms with Gasteiger partial charge in [0.1, 0.15) is 5.75 Å². The van der Waals surface area contributed by atoms with Gasteiger partial charge in [-0.1, -0.05) is 18.2 Å². The number of benzene rings is 2. The second-order valence-electron chi connectivity index (χ2n) is 6.89. The van der Waals surface area contributed by atoms with Gasteiger partial charge in [-0.15, -0.1) is 0 Å². The third-order valence-electron chi connectivity index (χ3n) is 5.10. The summed E-state index contributed by atoms with van der Waals surface area (Å²) >= 11 is 0. The van der Waals surface area contributed by atoms with Crippen LogP contribution >= 0.6 is 0 Å². The van der Waals surface area contributed by atoms with Crippen LogP contribution in [0.1, 0.15) is 42.8 Å². The van der Waals surface area contributed by atoms with Crippen molar-refractivity contribution in [2.24, 2.45) is 0 Å². The molecule has 4 nitrogen and oxygen atoms in total. The van der Waals surface area contributed by atoms with Gasteiger partial charge in [0.05, 0.1) is 12.8 Å². The Bertz CT molecular complexity index is 860. The maximum atomic E-state index is 5.29. The summed E-state index contributed by atoms with van der Waals surface area (Å²) in [5.41, 5.74) is 3.82. The summed E-state index contributed by atoms with van der Waals surface area (Å²) in [5, 5.41) is 10.8. The first-order valence-electron chi connectivity index (χ1n) is 9.09. The van der Waals surface area contributed by atoms with Crippen LogP contribution in [0.3, 0.4) is 0 Å². The van der Waals surface area contributed by atoms with Crippen LogP contribution in [0.4, 0.5) is 0 Å². The first kappa shape index (κ1) is 16.2. The average molecular weight is 335 g/mol. The highest BCUT2D eigenvalue weighted by Gasteiger charge is 2.15. The van der Waals surface area contributed by atoms with Gasteiger partial charge in [-0.2, -0.15) is 5.10 Å². The highest BCUT2D eigenvalue weighted by Crippen LogP contribution is 2.23. The van der Waals surface area contributed by atoms with Crippen molar-refractivity contribution in [3.63, 3.8) is 0 Å². The molecule has 0 bridgehead atoms. The fourth-order valence-corrected chi connectivity index (χ4v) is 3.54. The van der Waals surface area contributed by atoms with Crippen LogP contribution in [0.5, 0.6) is 5.75 Å². The van der Waals surface area contributed by atoms with Crippen LogP contribution in [0, 0.1) is 0 Å². The number of aromatic nitrogens is 2. The lowest BCUT2D eigenvalue weighted by atomic mass is 10.1. The lowest BCUT2D eigenvalue weighted by molar-refractivity contribution is 0.415. The largest absolute Gasteiger partial charge is 0.497 e. The van der Waals surface area contributed by atoms with E-state index in [1.54, 1.807) is 7.11 Å². The Balaban J connectivity index is 1.45. The van der Waals surface area contributed by atoms with E-state index < -0.39 is 0 Å². The summed E-state index contributed by atoms with van der Waals surface area (Å²) in [6.07, 6.45) is 3.69. The third-order valence-corrected chi connectivity index (χ3v) is 5.10. The molecule has 1 aromatic heterocycles. The molecule has 0 radical (unpaired) electrons. The molecule has 130 valence electrons. The van der Waals surface area contributed by atoms with Crippen molar-refractivity contribution in [2.45, 2.75) is 45.3 Å². The van der Waals surface area contributed by atoms with E-state index in [9.17, 15) is 0 Å². The smallest absolute Gasteiger partial charge is 0.119 e. The summed E-state index contributed by atoms with van der Waals surface area (Å²) in [7, 11) is 1.70. The summed E-state index contributed by atoms with van der Waals surface area (Å²) in [6, 6.07) is 15.3. The number of hydrogen-bond donors (Lipinski definition) is 1. The molecule has 4 heteroatoms. The van der Waals surface area contributed by atoms with E-state index in [1.165, 1.54) is 34.9 Å². The molecule has 0 fully saturated rings. The molecule has 0 spiro atoms. The maximum absolute atomic E-state index is 5.29. The highest BCUT2D eigenvalue weighted by atomic mass is 16.5. The minimum atomic E-state index is 0.254. The molecule has 0 amide bonds. The van der Waals surface area contributed by atoms with Crippen molar-refractivity contribution in [3.8, 4) is 5.75 Å². The highest BCUT2D eigenvalue weighted by molar-refractivity contribution is 5.84. The second-order valence-corrected chi connectivity index (χ2v) is 6.89. The predicted octanol–water partition coefficient (Wildman–Crippen LogP) is 4.23. The molecule has 1 atom stereocenters. The van der Waals surface area contributed by atoms with E-state index in [-0.39, 0.29) is 6.04 Å². The molecule has 3 aromatic rings. The first-order chi connectivity index (χ1) is 12.2. The van der Waals surface area contributed by atoms with Gasteiger partial charge in [0.15, 0.2) is 0 Å². The van der Waals surface area contributed by atoms with E-state index in [0.717, 1.165) is 31.0 Å². The fourth-order valence-electron chi connectivity index (χ4n) is 3.54. The van der Waals surface area contributed by atoms with Gasteiger partial charge in [-0.05, 0) is 66.8 Å². The monoisotopic (exact) mass is 335 g/mol. The van der Waals surface area contributed by atoms with E-state index in [1.807, 2.05) is 6.07 Å². The second kappa shape index (κ2) is 6.89. The van der Waals surface area contributed by atoms with Gasteiger partial charge in [-0.25, -0.2) is 0 Å². The Hall–Kier alpha value is -2.33. The zero-order valence-electron chi connectivity index (χ0n) is 15.0. The first-order valence-corrected chi connectivity index (χ1v) is 9.09. The number of fused-ring (bicyclic) bond motifs is 2. The van der Waals surface area contributed by atoms with Crippen LogP contribution in [0.25, 0.3) is 10.8 Å². The molecule has 25 heavy (non-hydrogen) atoms. The fraction of sp³-hybridized carbons (Fsp3) is 0.381.